The molecule has 2 aromatic rings. The summed E-state index contributed by atoms with van der Waals surface area (Å²) in [4.78, 5) is 29.0. The molecule has 2 aromatic carbocycles. The Balaban J connectivity index is 1.77. The number of rotatable bonds is 10. The van der Waals surface area contributed by atoms with Crippen LogP contribution in [-0.4, -0.2) is 79.9 Å². The van der Waals surface area contributed by atoms with Crippen molar-refractivity contribution in [2.45, 2.75) is 97.3 Å². The summed E-state index contributed by atoms with van der Waals surface area (Å²) < 4.78 is 48.3. The number of hydrogen-bond acceptors (Lipinski definition) is 10. The van der Waals surface area contributed by atoms with Gasteiger partial charge in [-0.3, -0.25) is 4.90 Å². The van der Waals surface area contributed by atoms with Gasteiger partial charge in [0.05, 0.1) is 25.5 Å². The summed E-state index contributed by atoms with van der Waals surface area (Å²) in [5, 5.41) is 0. The molecular formula is C39H52INO10. The second kappa shape index (κ2) is 18.0. The average Bonchev–Trinajstić information content (AvgIpc) is 3.38. The van der Waals surface area contributed by atoms with E-state index in [-0.39, 0.29) is 30.1 Å². The van der Waals surface area contributed by atoms with Crippen molar-refractivity contribution in [3.63, 3.8) is 0 Å². The van der Waals surface area contributed by atoms with E-state index >= 15 is 0 Å². The molecule has 2 heterocycles. The molecule has 1 amide bonds. The number of carbonyl (C=O) groups is 2. The molecule has 0 bridgehead atoms. The molecule has 0 aromatic heterocycles. The Labute approximate surface area is 315 Å². The number of methoxy groups -OCH3 is 2. The van der Waals surface area contributed by atoms with Gasteiger partial charge >= 0.3 is 12.1 Å². The number of nitrogens with zero attached hydrogens (tertiary/aromatic N) is 1. The van der Waals surface area contributed by atoms with Gasteiger partial charge in [-0.2, -0.15) is 0 Å². The summed E-state index contributed by atoms with van der Waals surface area (Å²) in [7, 11) is 3.13. The fraction of sp³-hybridized carbons (Fsp3) is 0.538. The van der Waals surface area contributed by atoms with E-state index in [0.29, 0.717) is 35.3 Å². The van der Waals surface area contributed by atoms with Crippen LogP contribution in [0.4, 0.5) is 10.5 Å². The maximum atomic E-state index is 14.0. The molecule has 1 saturated heterocycles. The number of fused-ring (bicyclic) bond motifs is 2. The van der Waals surface area contributed by atoms with Gasteiger partial charge in [-0.1, -0.05) is 66.0 Å². The third-order valence-corrected chi connectivity index (χ3v) is 8.82. The molecule has 0 unspecified atom stereocenters. The molecule has 12 heteroatoms. The highest BCUT2D eigenvalue weighted by Gasteiger charge is 2.44. The van der Waals surface area contributed by atoms with Crippen molar-refractivity contribution in [3.8, 4) is 11.5 Å². The van der Waals surface area contributed by atoms with Gasteiger partial charge in [0.2, 0.25) is 0 Å². The van der Waals surface area contributed by atoms with Crippen molar-refractivity contribution >= 4 is 46.4 Å². The highest BCUT2D eigenvalue weighted by atomic mass is 127. The monoisotopic (exact) mass is 821 g/mol. The highest BCUT2D eigenvalue weighted by molar-refractivity contribution is 14.1. The SMILES string of the molecule is COCOc1cc(N(CCI)C(=O)OC(C)(C)C)cc2c1C(=O)O[C@@H](C)[C@H](C)C=C[C@@H](OCc1ccc(OC)cc1)[C@H]1OC(C)(C)O[C@H]1CC=C2. The van der Waals surface area contributed by atoms with E-state index in [1.807, 2.05) is 97.0 Å². The van der Waals surface area contributed by atoms with E-state index in [4.69, 9.17) is 37.9 Å². The topological polar surface area (TPSA) is 111 Å². The molecule has 1 fully saturated rings. The van der Waals surface area contributed by atoms with Crippen molar-refractivity contribution in [2.24, 2.45) is 5.92 Å². The molecule has 2 aliphatic rings. The second-order valence-electron chi connectivity index (χ2n) is 14.0. The number of halogens is 1. The summed E-state index contributed by atoms with van der Waals surface area (Å²) in [6, 6.07) is 11.2. The van der Waals surface area contributed by atoms with Crippen LogP contribution in [0.1, 0.15) is 76.4 Å². The third-order valence-electron chi connectivity index (χ3n) is 8.34. The van der Waals surface area contributed by atoms with Crippen molar-refractivity contribution < 1.29 is 47.5 Å². The molecule has 280 valence electrons. The van der Waals surface area contributed by atoms with Crippen LogP contribution >= 0.6 is 22.6 Å². The van der Waals surface area contributed by atoms with Crippen LogP contribution in [0.2, 0.25) is 0 Å². The number of esters is 1. The van der Waals surface area contributed by atoms with E-state index < -0.39 is 41.8 Å². The Morgan fingerprint density at radius 1 is 1.06 bits per heavy atom. The van der Waals surface area contributed by atoms with E-state index in [0.717, 1.165) is 11.3 Å². The molecule has 51 heavy (non-hydrogen) atoms. The van der Waals surface area contributed by atoms with Crippen molar-refractivity contribution in [3.05, 3.63) is 71.3 Å². The Bertz CT molecular complexity index is 1530. The molecule has 5 atom stereocenters. The van der Waals surface area contributed by atoms with Gasteiger partial charge in [-0.05, 0) is 77.3 Å². The van der Waals surface area contributed by atoms with Crippen molar-refractivity contribution in [2.75, 3.05) is 36.9 Å². The number of ether oxygens (including phenoxy) is 8. The summed E-state index contributed by atoms with van der Waals surface area (Å²) in [5.41, 5.74) is 1.49. The fourth-order valence-electron chi connectivity index (χ4n) is 5.69. The van der Waals surface area contributed by atoms with Crippen LogP contribution in [-0.2, 0) is 35.0 Å². The molecule has 0 N–H and O–H groups in total. The quantitative estimate of drug-likeness (QED) is 0.0767. The Kier molecular flexibility index (Phi) is 14.4. The Hall–Kier alpha value is -3.17. The minimum absolute atomic E-state index is 0.123. The summed E-state index contributed by atoms with van der Waals surface area (Å²) in [6.45, 7) is 13.6. The summed E-state index contributed by atoms with van der Waals surface area (Å²) in [6.07, 6.45) is 5.83. The normalized spacial score (nSPS) is 23.4. The molecule has 0 saturated carbocycles. The maximum Gasteiger partial charge on any atom is 0.414 e. The molecule has 2 aliphatic heterocycles. The zero-order valence-corrected chi connectivity index (χ0v) is 33.3. The lowest BCUT2D eigenvalue weighted by Crippen LogP contribution is -2.38. The maximum absolute atomic E-state index is 14.0. The van der Waals surface area contributed by atoms with Crippen molar-refractivity contribution in [1.29, 1.82) is 0 Å². The number of benzene rings is 2. The van der Waals surface area contributed by atoms with E-state index in [1.165, 1.54) is 12.0 Å². The summed E-state index contributed by atoms with van der Waals surface area (Å²) in [5.74, 6) is -0.629. The van der Waals surface area contributed by atoms with E-state index in [2.05, 4.69) is 22.6 Å². The third kappa shape index (κ3) is 11.4. The standard InChI is InChI=1S/C39H52INO10/c1-25-13-18-31(46-23-27-14-16-30(45-9)17-15-27)35-32(49-39(6,7)50-35)12-10-11-28-21-29(41(20-19-40)37(43)51-38(3,4)5)22-33(47-24-44-8)34(28)36(42)48-26(25)2/h10-11,13-18,21-22,25-26,31-32,35H,12,19-20,23-24H2,1-9H3/t25-,26+,31-,32+,35-/m1/s1. The Morgan fingerprint density at radius 2 is 1.78 bits per heavy atom. The predicted octanol–water partition coefficient (Wildman–Crippen LogP) is 8.11. The van der Waals surface area contributed by atoms with Crippen LogP contribution < -0.4 is 14.4 Å². The number of carbonyl (C=O) groups excluding carboxylic acids is 2. The van der Waals surface area contributed by atoms with E-state index in [1.54, 1.807) is 19.2 Å². The van der Waals surface area contributed by atoms with Gasteiger partial charge in [0.1, 0.15) is 41.0 Å². The molecular weight excluding hydrogens is 769 g/mol. The van der Waals surface area contributed by atoms with Gasteiger partial charge in [0.15, 0.2) is 12.6 Å². The molecule has 0 aliphatic carbocycles. The molecule has 4 rings (SSSR count). The van der Waals surface area contributed by atoms with Gasteiger partial charge in [-0.25, -0.2) is 9.59 Å². The number of hydrogen-bond donors (Lipinski definition) is 0. The lowest BCUT2D eigenvalue weighted by Gasteiger charge is -2.28. The van der Waals surface area contributed by atoms with Gasteiger partial charge in [0, 0.05) is 30.1 Å². The smallest absolute Gasteiger partial charge is 0.414 e. The zero-order chi connectivity index (χ0) is 37.3. The minimum Gasteiger partial charge on any atom is -0.497 e. The Morgan fingerprint density at radius 3 is 2.43 bits per heavy atom. The first-order chi connectivity index (χ1) is 24.1. The highest BCUT2D eigenvalue weighted by Crippen LogP contribution is 2.36. The first kappa shape index (κ1) is 40.6. The first-order valence-electron chi connectivity index (χ1n) is 17.2. The first-order valence-corrected chi connectivity index (χ1v) is 18.7. The molecule has 0 radical (unpaired) electrons. The van der Waals surface area contributed by atoms with Crippen LogP contribution in [0.25, 0.3) is 6.08 Å². The number of amides is 1. The minimum atomic E-state index is -0.857. The van der Waals surface area contributed by atoms with Gasteiger partial charge in [0.25, 0.3) is 0 Å². The fourth-order valence-corrected chi connectivity index (χ4v) is 6.18. The largest absolute Gasteiger partial charge is 0.497 e. The van der Waals surface area contributed by atoms with E-state index in [9.17, 15) is 9.59 Å². The zero-order valence-electron chi connectivity index (χ0n) is 31.1. The number of alkyl halides is 1. The lowest BCUT2D eigenvalue weighted by molar-refractivity contribution is -0.156. The van der Waals surface area contributed by atoms with Crippen LogP contribution in [0.3, 0.4) is 0 Å². The summed E-state index contributed by atoms with van der Waals surface area (Å²) >= 11 is 2.21. The van der Waals surface area contributed by atoms with Gasteiger partial charge < -0.3 is 37.9 Å². The lowest BCUT2D eigenvalue weighted by atomic mass is 9.98. The second-order valence-corrected chi connectivity index (χ2v) is 15.1. The average molecular weight is 822 g/mol. The molecule has 0 spiro atoms. The number of cyclic esters (lactones) is 1. The predicted molar refractivity (Wildman–Crippen MR) is 204 cm³/mol. The van der Waals surface area contributed by atoms with Crippen LogP contribution in [0.5, 0.6) is 11.5 Å². The number of anilines is 1. The van der Waals surface area contributed by atoms with Crippen LogP contribution in [0, 0.1) is 5.92 Å². The van der Waals surface area contributed by atoms with Gasteiger partial charge in [-0.15, -0.1) is 0 Å². The van der Waals surface area contributed by atoms with Crippen molar-refractivity contribution in [1.82, 2.24) is 0 Å². The molecule has 11 nitrogen and oxygen atoms in total. The van der Waals surface area contributed by atoms with Crippen LogP contribution in [0.15, 0.2) is 54.6 Å².